The predicted octanol–water partition coefficient (Wildman–Crippen LogP) is 0.492. The third-order valence-corrected chi connectivity index (χ3v) is 3.36. The van der Waals surface area contributed by atoms with Crippen LogP contribution in [0.5, 0.6) is 0 Å². The van der Waals surface area contributed by atoms with Crippen molar-refractivity contribution in [3.63, 3.8) is 0 Å². The fraction of sp³-hybridized carbons (Fsp3) is 0.222. The standard InChI is InChI=1S/C9H11N3O3S/c1-12-7-9(6-10-12)16(13,14)11-5-8-3-2-4-15-8/h2-4,6-7,11H,5H2,1H3. The molecule has 0 spiro atoms. The summed E-state index contributed by atoms with van der Waals surface area (Å²) in [4.78, 5) is 0.140. The molecule has 2 aromatic heterocycles. The second-order valence-corrected chi connectivity index (χ2v) is 5.02. The van der Waals surface area contributed by atoms with Gasteiger partial charge in [0.2, 0.25) is 10.0 Å². The smallest absolute Gasteiger partial charge is 0.244 e. The van der Waals surface area contributed by atoms with E-state index in [0.717, 1.165) is 0 Å². The van der Waals surface area contributed by atoms with Crippen molar-refractivity contribution in [2.24, 2.45) is 7.05 Å². The molecule has 6 nitrogen and oxygen atoms in total. The van der Waals surface area contributed by atoms with E-state index in [2.05, 4.69) is 9.82 Å². The zero-order valence-electron chi connectivity index (χ0n) is 8.62. The summed E-state index contributed by atoms with van der Waals surface area (Å²) in [5.74, 6) is 0.562. The van der Waals surface area contributed by atoms with E-state index in [0.29, 0.717) is 5.76 Å². The van der Waals surface area contributed by atoms with Crippen molar-refractivity contribution in [2.75, 3.05) is 0 Å². The zero-order chi connectivity index (χ0) is 11.6. The average Bonchev–Trinajstić information content (AvgIpc) is 2.85. The van der Waals surface area contributed by atoms with Gasteiger partial charge in [-0.1, -0.05) is 0 Å². The molecule has 1 N–H and O–H groups in total. The Labute approximate surface area is 92.9 Å². The van der Waals surface area contributed by atoms with E-state index in [1.807, 2.05) is 0 Å². The molecular formula is C9H11N3O3S. The zero-order valence-corrected chi connectivity index (χ0v) is 9.44. The van der Waals surface area contributed by atoms with Crippen LogP contribution in [0.3, 0.4) is 0 Å². The van der Waals surface area contributed by atoms with Crippen molar-refractivity contribution in [3.05, 3.63) is 36.5 Å². The summed E-state index contributed by atoms with van der Waals surface area (Å²) >= 11 is 0. The van der Waals surface area contributed by atoms with E-state index in [1.165, 1.54) is 23.3 Å². The van der Waals surface area contributed by atoms with Crippen LogP contribution in [-0.2, 0) is 23.6 Å². The fourth-order valence-electron chi connectivity index (χ4n) is 1.20. The van der Waals surface area contributed by atoms with Crippen LogP contribution in [0.2, 0.25) is 0 Å². The molecule has 2 aromatic rings. The lowest BCUT2D eigenvalue weighted by Crippen LogP contribution is -2.22. The first-order chi connectivity index (χ1) is 7.58. The van der Waals surface area contributed by atoms with Crippen LogP contribution < -0.4 is 4.72 Å². The summed E-state index contributed by atoms with van der Waals surface area (Å²) < 4.78 is 32.3. The van der Waals surface area contributed by atoms with Crippen LogP contribution in [0, 0.1) is 0 Å². The van der Waals surface area contributed by atoms with Gasteiger partial charge in [-0.3, -0.25) is 4.68 Å². The highest BCUT2D eigenvalue weighted by atomic mass is 32.2. The van der Waals surface area contributed by atoms with Gasteiger partial charge in [-0.25, -0.2) is 13.1 Å². The van der Waals surface area contributed by atoms with Gasteiger partial charge in [0.25, 0.3) is 0 Å². The van der Waals surface area contributed by atoms with Crippen molar-refractivity contribution in [1.29, 1.82) is 0 Å². The number of aryl methyl sites for hydroxylation is 1. The van der Waals surface area contributed by atoms with E-state index in [4.69, 9.17) is 4.42 Å². The highest BCUT2D eigenvalue weighted by Gasteiger charge is 2.15. The molecule has 0 bridgehead atoms. The van der Waals surface area contributed by atoms with Gasteiger partial charge in [0.15, 0.2) is 0 Å². The van der Waals surface area contributed by atoms with Crippen molar-refractivity contribution in [3.8, 4) is 0 Å². The minimum atomic E-state index is -3.51. The number of hydrogen-bond acceptors (Lipinski definition) is 4. The van der Waals surface area contributed by atoms with Crippen LogP contribution in [0.4, 0.5) is 0 Å². The topological polar surface area (TPSA) is 77.1 Å². The molecule has 2 heterocycles. The third-order valence-electron chi connectivity index (χ3n) is 2.01. The number of sulfonamides is 1. The summed E-state index contributed by atoms with van der Waals surface area (Å²) in [5.41, 5.74) is 0. The lowest BCUT2D eigenvalue weighted by molar-refractivity contribution is 0.498. The second kappa shape index (κ2) is 4.11. The maximum absolute atomic E-state index is 11.7. The molecule has 0 saturated carbocycles. The van der Waals surface area contributed by atoms with Gasteiger partial charge >= 0.3 is 0 Å². The molecule has 0 saturated heterocycles. The first-order valence-electron chi connectivity index (χ1n) is 4.58. The Morgan fingerprint density at radius 3 is 2.94 bits per heavy atom. The number of rotatable bonds is 4. The fourth-order valence-corrected chi connectivity index (χ4v) is 2.18. The Morgan fingerprint density at radius 2 is 2.38 bits per heavy atom. The van der Waals surface area contributed by atoms with Gasteiger partial charge in [0.1, 0.15) is 10.7 Å². The molecule has 0 fully saturated rings. The highest BCUT2D eigenvalue weighted by molar-refractivity contribution is 7.89. The van der Waals surface area contributed by atoms with Crippen LogP contribution in [0.15, 0.2) is 40.1 Å². The first-order valence-corrected chi connectivity index (χ1v) is 6.07. The summed E-state index contributed by atoms with van der Waals surface area (Å²) in [7, 11) is -1.85. The Bertz CT molecular complexity index is 557. The highest BCUT2D eigenvalue weighted by Crippen LogP contribution is 2.07. The van der Waals surface area contributed by atoms with Gasteiger partial charge in [0.05, 0.1) is 19.0 Å². The molecule has 0 aromatic carbocycles. The molecule has 2 rings (SSSR count). The Morgan fingerprint density at radius 1 is 1.56 bits per heavy atom. The van der Waals surface area contributed by atoms with Crippen LogP contribution in [-0.4, -0.2) is 18.2 Å². The average molecular weight is 241 g/mol. The van der Waals surface area contributed by atoms with Crippen molar-refractivity contribution < 1.29 is 12.8 Å². The van der Waals surface area contributed by atoms with E-state index < -0.39 is 10.0 Å². The van der Waals surface area contributed by atoms with E-state index >= 15 is 0 Å². The number of hydrogen-bond donors (Lipinski definition) is 1. The molecule has 0 aliphatic rings. The second-order valence-electron chi connectivity index (χ2n) is 3.25. The monoisotopic (exact) mass is 241 g/mol. The van der Waals surface area contributed by atoms with Crippen LogP contribution >= 0.6 is 0 Å². The predicted molar refractivity (Wildman–Crippen MR) is 55.9 cm³/mol. The van der Waals surface area contributed by atoms with Crippen molar-refractivity contribution in [2.45, 2.75) is 11.4 Å². The van der Waals surface area contributed by atoms with E-state index in [-0.39, 0.29) is 11.4 Å². The lowest BCUT2D eigenvalue weighted by Gasteiger charge is -2.01. The first kappa shape index (κ1) is 10.9. The van der Waals surface area contributed by atoms with Crippen LogP contribution in [0.1, 0.15) is 5.76 Å². The number of furan rings is 1. The van der Waals surface area contributed by atoms with Crippen molar-refractivity contribution in [1.82, 2.24) is 14.5 Å². The van der Waals surface area contributed by atoms with E-state index in [9.17, 15) is 8.42 Å². The van der Waals surface area contributed by atoms with E-state index in [1.54, 1.807) is 19.2 Å². The molecule has 7 heteroatoms. The van der Waals surface area contributed by atoms with Crippen molar-refractivity contribution >= 4 is 10.0 Å². The number of nitrogens with zero attached hydrogens (tertiary/aromatic N) is 2. The van der Waals surface area contributed by atoms with Crippen LogP contribution in [0.25, 0.3) is 0 Å². The summed E-state index contributed by atoms with van der Waals surface area (Å²) in [6.07, 6.45) is 4.22. The normalized spacial score (nSPS) is 11.8. The minimum absolute atomic E-state index is 0.129. The Hall–Kier alpha value is -1.60. The molecule has 0 radical (unpaired) electrons. The molecular weight excluding hydrogens is 230 g/mol. The maximum Gasteiger partial charge on any atom is 0.244 e. The SMILES string of the molecule is Cn1cc(S(=O)(=O)NCc2ccco2)cn1. The van der Waals surface area contributed by atoms with Gasteiger partial charge < -0.3 is 4.42 Å². The maximum atomic E-state index is 11.7. The van der Waals surface area contributed by atoms with Gasteiger partial charge in [-0.2, -0.15) is 5.10 Å². The molecule has 0 amide bonds. The van der Waals surface area contributed by atoms with Gasteiger partial charge in [0, 0.05) is 13.2 Å². The minimum Gasteiger partial charge on any atom is -0.468 e. The van der Waals surface area contributed by atoms with Gasteiger partial charge in [-0.15, -0.1) is 0 Å². The lowest BCUT2D eigenvalue weighted by atomic mass is 10.5. The molecule has 86 valence electrons. The molecule has 0 unspecified atom stereocenters. The summed E-state index contributed by atoms with van der Waals surface area (Å²) in [6, 6.07) is 3.40. The van der Waals surface area contributed by atoms with Gasteiger partial charge in [-0.05, 0) is 12.1 Å². The molecule has 0 aliphatic heterocycles. The number of nitrogens with one attached hydrogen (secondary N) is 1. The number of aromatic nitrogens is 2. The molecule has 16 heavy (non-hydrogen) atoms. The quantitative estimate of drug-likeness (QED) is 0.845. The summed E-state index contributed by atoms with van der Waals surface area (Å²) in [6.45, 7) is 0.129. The molecule has 0 aliphatic carbocycles. The third kappa shape index (κ3) is 2.31. The summed E-state index contributed by atoms with van der Waals surface area (Å²) in [5, 5.41) is 3.80. The molecule has 0 atom stereocenters. The Kier molecular flexibility index (Phi) is 2.80. The largest absolute Gasteiger partial charge is 0.468 e. The Balaban J connectivity index is 2.09.